The molecule has 19 heavy (non-hydrogen) atoms. The molecule has 1 fully saturated rings. The summed E-state index contributed by atoms with van der Waals surface area (Å²) in [4.78, 5) is 2.53. The van der Waals surface area contributed by atoms with Crippen LogP contribution in [0.5, 0.6) is 5.75 Å². The van der Waals surface area contributed by atoms with Crippen molar-refractivity contribution in [3.05, 3.63) is 29.3 Å². The maximum absolute atomic E-state index is 9.86. The van der Waals surface area contributed by atoms with Crippen LogP contribution in [0.1, 0.15) is 36.9 Å². The second-order valence-corrected chi connectivity index (χ2v) is 5.89. The number of likely N-dealkylation sites (tertiary alicyclic amines) is 1. The second-order valence-electron chi connectivity index (χ2n) is 5.89. The molecule has 1 aromatic carbocycles. The van der Waals surface area contributed by atoms with E-state index in [4.69, 9.17) is 0 Å². The van der Waals surface area contributed by atoms with E-state index in [2.05, 4.69) is 23.2 Å². The zero-order valence-corrected chi connectivity index (χ0v) is 11.7. The fourth-order valence-electron chi connectivity index (χ4n) is 3.52. The third-order valence-electron chi connectivity index (χ3n) is 4.72. The molecule has 1 aliphatic heterocycles. The Morgan fingerprint density at radius 3 is 3.05 bits per heavy atom. The molecule has 2 aliphatic rings. The number of hydrogen-bond acceptors (Lipinski definition) is 3. The number of aromatic hydroxyl groups is 1. The highest BCUT2D eigenvalue weighted by atomic mass is 16.3. The minimum atomic E-state index is 0.442. The van der Waals surface area contributed by atoms with E-state index in [9.17, 15) is 5.11 Å². The first-order valence-electron chi connectivity index (χ1n) is 7.54. The van der Waals surface area contributed by atoms with Crippen LogP contribution in [0.25, 0.3) is 0 Å². The molecule has 1 aromatic rings. The third-order valence-corrected chi connectivity index (χ3v) is 4.72. The van der Waals surface area contributed by atoms with E-state index in [0.717, 1.165) is 30.9 Å². The van der Waals surface area contributed by atoms with Gasteiger partial charge in [0.25, 0.3) is 0 Å². The molecule has 0 radical (unpaired) electrons. The van der Waals surface area contributed by atoms with Gasteiger partial charge in [-0.15, -0.1) is 0 Å². The lowest BCUT2D eigenvalue weighted by atomic mass is 10.1. The van der Waals surface area contributed by atoms with Crippen LogP contribution in [0, 0.1) is 5.92 Å². The summed E-state index contributed by atoms with van der Waals surface area (Å²) in [6.45, 7) is 7.02. The summed E-state index contributed by atoms with van der Waals surface area (Å²) < 4.78 is 0. The van der Waals surface area contributed by atoms with Gasteiger partial charge in [-0.2, -0.15) is 0 Å². The Morgan fingerprint density at radius 1 is 1.37 bits per heavy atom. The van der Waals surface area contributed by atoms with Crippen LogP contribution in [-0.4, -0.2) is 36.2 Å². The Kier molecular flexibility index (Phi) is 3.76. The molecule has 2 N–H and O–H groups in total. The molecule has 0 spiro atoms. The molecule has 0 amide bonds. The normalized spacial score (nSPS) is 26.8. The number of fused-ring (bicyclic) bond motifs is 1. The van der Waals surface area contributed by atoms with E-state index < -0.39 is 0 Å². The zero-order chi connectivity index (χ0) is 13.2. The molecule has 1 saturated heterocycles. The largest absolute Gasteiger partial charge is 0.508 e. The molecule has 2 atom stereocenters. The van der Waals surface area contributed by atoms with Gasteiger partial charge in [-0.3, -0.25) is 0 Å². The lowest BCUT2D eigenvalue weighted by molar-refractivity contribution is 0.335. The van der Waals surface area contributed by atoms with Gasteiger partial charge in [0, 0.05) is 12.6 Å². The average molecular weight is 260 g/mol. The number of hydrogen-bond donors (Lipinski definition) is 2. The second kappa shape index (κ2) is 5.51. The maximum atomic E-state index is 9.86. The third kappa shape index (κ3) is 2.63. The van der Waals surface area contributed by atoms with Crippen molar-refractivity contribution in [3.8, 4) is 5.75 Å². The summed E-state index contributed by atoms with van der Waals surface area (Å²) in [5.41, 5.74) is 2.46. The summed E-state index contributed by atoms with van der Waals surface area (Å²) in [6.07, 6.45) is 3.45. The first-order valence-corrected chi connectivity index (χ1v) is 7.54. The molecule has 1 heterocycles. The standard InChI is InChI=1S/C16H24N2O/c1-2-18-9-8-12(11-18)10-17-15-7-6-14-13(15)4-3-5-16(14)19/h3-5,12,15,17,19H,2,6-11H2,1H3. The SMILES string of the molecule is CCN1CCC(CNC2CCc3c(O)cccc32)C1. The Labute approximate surface area is 115 Å². The van der Waals surface area contributed by atoms with E-state index >= 15 is 0 Å². The van der Waals surface area contributed by atoms with Crippen molar-refractivity contribution in [1.29, 1.82) is 0 Å². The van der Waals surface area contributed by atoms with Crippen LogP contribution in [0.3, 0.4) is 0 Å². The Bertz CT molecular complexity index is 446. The van der Waals surface area contributed by atoms with Gasteiger partial charge in [0.1, 0.15) is 5.75 Å². The van der Waals surface area contributed by atoms with E-state index in [1.54, 1.807) is 6.07 Å². The summed E-state index contributed by atoms with van der Waals surface area (Å²) in [6, 6.07) is 6.37. The number of phenolic OH excluding ortho intramolecular Hbond substituents is 1. The predicted octanol–water partition coefficient (Wildman–Crippen LogP) is 2.31. The lowest BCUT2D eigenvalue weighted by Crippen LogP contribution is -2.28. The van der Waals surface area contributed by atoms with Crippen LogP contribution >= 0.6 is 0 Å². The molecule has 3 rings (SSSR count). The lowest BCUT2D eigenvalue weighted by Gasteiger charge is -2.18. The van der Waals surface area contributed by atoms with Gasteiger partial charge >= 0.3 is 0 Å². The van der Waals surface area contributed by atoms with Crippen LogP contribution in [0.4, 0.5) is 0 Å². The van der Waals surface area contributed by atoms with Crippen LogP contribution in [0.15, 0.2) is 18.2 Å². The van der Waals surface area contributed by atoms with E-state index in [-0.39, 0.29) is 0 Å². The highest BCUT2D eigenvalue weighted by molar-refractivity contribution is 5.44. The highest BCUT2D eigenvalue weighted by Crippen LogP contribution is 2.36. The smallest absolute Gasteiger partial charge is 0.119 e. The Hall–Kier alpha value is -1.06. The van der Waals surface area contributed by atoms with E-state index in [0.29, 0.717) is 11.8 Å². The number of nitrogens with zero attached hydrogens (tertiary/aromatic N) is 1. The summed E-state index contributed by atoms with van der Waals surface area (Å²) >= 11 is 0. The summed E-state index contributed by atoms with van der Waals surface area (Å²) in [5, 5.41) is 13.6. The highest BCUT2D eigenvalue weighted by Gasteiger charge is 2.26. The van der Waals surface area contributed by atoms with Crippen molar-refractivity contribution in [3.63, 3.8) is 0 Å². The fraction of sp³-hybridized carbons (Fsp3) is 0.625. The Balaban J connectivity index is 1.57. The predicted molar refractivity (Wildman–Crippen MR) is 77.4 cm³/mol. The minimum Gasteiger partial charge on any atom is -0.508 e. The number of benzene rings is 1. The molecule has 0 bridgehead atoms. The number of phenols is 1. The quantitative estimate of drug-likeness (QED) is 0.872. The van der Waals surface area contributed by atoms with Crippen molar-refractivity contribution in [2.45, 2.75) is 32.2 Å². The monoisotopic (exact) mass is 260 g/mol. The summed E-state index contributed by atoms with van der Waals surface area (Å²) in [5.74, 6) is 1.26. The van der Waals surface area contributed by atoms with Gasteiger partial charge in [0.2, 0.25) is 0 Å². The molecule has 0 saturated carbocycles. The average Bonchev–Trinajstić information content (AvgIpc) is 3.03. The van der Waals surface area contributed by atoms with Gasteiger partial charge in [-0.1, -0.05) is 19.1 Å². The number of nitrogens with one attached hydrogen (secondary N) is 1. The maximum Gasteiger partial charge on any atom is 0.119 e. The molecular weight excluding hydrogens is 236 g/mol. The molecular formula is C16H24N2O. The molecule has 3 nitrogen and oxygen atoms in total. The van der Waals surface area contributed by atoms with Crippen LogP contribution < -0.4 is 5.32 Å². The van der Waals surface area contributed by atoms with Crippen molar-refractivity contribution in [1.82, 2.24) is 10.2 Å². The Morgan fingerprint density at radius 2 is 2.26 bits per heavy atom. The van der Waals surface area contributed by atoms with Gasteiger partial charge in [-0.25, -0.2) is 0 Å². The van der Waals surface area contributed by atoms with Gasteiger partial charge in [0.05, 0.1) is 0 Å². The van der Waals surface area contributed by atoms with Gasteiger partial charge in [0.15, 0.2) is 0 Å². The zero-order valence-electron chi connectivity index (χ0n) is 11.7. The van der Waals surface area contributed by atoms with Crippen molar-refractivity contribution >= 4 is 0 Å². The van der Waals surface area contributed by atoms with Crippen molar-refractivity contribution < 1.29 is 5.11 Å². The first kappa shape index (κ1) is 12.9. The first-order chi connectivity index (χ1) is 9.28. The van der Waals surface area contributed by atoms with Gasteiger partial charge in [-0.05, 0) is 62.0 Å². The fourth-order valence-corrected chi connectivity index (χ4v) is 3.52. The molecule has 1 aliphatic carbocycles. The van der Waals surface area contributed by atoms with E-state index in [1.165, 1.54) is 31.6 Å². The van der Waals surface area contributed by atoms with Crippen LogP contribution in [-0.2, 0) is 6.42 Å². The molecule has 3 heteroatoms. The topological polar surface area (TPSA) is 35.5 Å². The molecule has 0 aromatic heterocycles. The molecule has 104 valence electrons. The van der Waals surface area contributed by atoms with Crippen molar-refractivity contribution in [2.24, 2.45) is 5.92 Å². The summed E-state index contributed by atoms with van der Waals surface area (Å²) in [7, 11) is 0. The van der Waals surface area contributed by atoms with E-state index in [1.807, 2.05) is 6.07 Å². The van der Waals surface area contributed by atoms with Crippen LogP contribution in [0.2, 0.25) is 0 Å². The number of rotatable bonds is 4. The van der Waals surface area contributed by atoms with Crippen molar-refractivity contribution in [2.75, 3.05) is 26.2 Å². The molecule has 2 unspecified atom stereocenters. The minimum absolute atomic E-state index is 0.442. The van der Waals surface area contributed by atoms with Gasteiger partial charge < -0.3 is 15.3 Å².